The van der Waals surface area contributed by atoms with Gasteiger partial charge in [-0.2, -0.15) is 5.10 Å². The van der Waals surface area contributed by atoms with Crippen molar-refractivity contribution in [2.24, 2.45) is 0 Å². The van der Waals surface area contributed by atoms with Crippen molar-refractivity contribution in [2.75, 3.05) is 5.73 Å². The van der Waals surface area contributed by atoms with E-state index in [1.807, 2.05) is 6.92 Å². The normalized spacial score (nSPS) is 10.5. The van der Waals surface area contributed by atoms with Crippen molar-refractivity contribution in [1.82, 2.24) is 15.2 Å². The van der Waals surface area contributed by atoms with Crippen molar-refractivity contribution in [2.45, 2.75) is 13.3 Å². The van der Waals surface area contributed by atoms with Gasteiger partial charge < -0.3 is 10.8 Å². The maximum Gasteiger partial charge on any atom is 0.184 e. The summed E-state index contributed by atoms with van der Waals surface area (Å²) in [6.45, 7) is 1.98. The molecule has 0 amide bonds. The largest absolute Gasteiger partial charge is 0.507 e. The molecule has 5 heteroatoms. The number of phenols is 1. The molecule has 1 aromatic carbocycles. The number of hydrogen-bond donors (Lipinski definition) is 3. The van der Waals surface area contributed by atoms with E-state index in [-0.39, 0.29) is 5.75 Å². The van der Waals surface area contributed by atoms with Crippen molar-refractivity contribution in [1.29, 1.82) is 0 Å². The van der Waals surface area contributed by atoms with Gasteiger partial charge in [-0.25, -0.2) is 4.98 Å². The first-order valence-corrected chi connectivity index (χ1v) is 4.71. The molecule has 0 saturated heterocycles. The standard InChI is InChI=1S/C10H12N4O/c1-2-9-12-10(14-13-9)7-5-6(11)3-4-8(7)15/h3-5,15H,2,11H2,1H3,(H,12,13,14). The van der Waals surface area contributed by atoms with Gasteiger partial charge in [-0.15, -0.1) is 0 Å². The first-order chi connectivity index (χ1) is 7.20. The number of anilines is 1. The maximum atomic E-state index is 9.62. The molecule has 15 heavy (non-hydrogen) atoms. The lowest BCUT2D eigenvalue weighted by atomic mass is 10.1. The van der Waals surface area contributed by atoms with Gasteiger partial charge in [0.25, 0.3) is 0 Å². The summed E-state index contributed by atoms with van der Waals surface area (Å²) in [5.41, 5.74) is 6.75. The Morgan fingerprint density at radius 2 is 2.27 bits per heavy atom. The number of benzene rings is 1. The molecule has 0 bridgehead atoms. The zero-order valence-corrected chi connectivity index (χ0v) is 8.36. The second-order valence-corrected chi connectivity index (χ2v) is 3.24. The van der Waals surface area contributed by atoms with E-state index < -0.39 is 0 Å². The van der Waals surface area contributed by atoms with Crippen LogP contribution in [0.25, 0.3) is 11.4 Å². The summed E-state index contributed by atoms with van der Waals surface area (Å²) in [4.78, 5) is 4.22. The van der Waals surface area contributed by atoms with Gasteiger partial charge in [-0.3, -0.25) is 5.10 Å². The quantitative estimate of drug-likeness (QED) is 0.508. The molecule has 0 atom stereocenters. The van der Waals surface area contributed by atoms with E-state index in [0.717, 1.165) is 12.2 Å². The average Bonchev–Trinajstić information content (AvgIpc) is 2.70. The number of rotatable bonds is 2. The van der Waals surface area contributed by atoms with E-state index >= 15 is 0 Å². The summed E-state index contributed by atoms with van der Waals surface area (Å²) in [5, 5.41) is 16.4. The van der Waals surface area contributed by atoms with Gasteiger partial charge >= 0.3 is 0 Å². The highest BCUT2D eigenvalue weighted by Crippen LogP contribution is 2.28. The van der Waals surface area contributed by atoms with Crippen LogP contribution in [0, 0.1) is 0 Å². The lowest BCUT2D eigenvalue weighted by Crippen LogP contribution is -1.88. The van der Waals surface area contributed by atoms with Crippen LogP contribution in [0.1, 0.15) is 12.7 Å². The summed E-state index contributed by atoms with van der Waals surface area (Å²) in [7, 11) is 0. The zero-order valence-electron chi connectivity index (χ0n) is 8.36. The summed E-state index contributed by atoms with van der Waals surface area (Å²) >= 11 is 0. The molecule has 0 unspecified atom stereocenters. The molecule has 2 rings (SSSR count). The molecule has 0 aliphatic heterocycles. The molecule has 5 nitrogen and oxygen atoms in total. The lowest BCUT2D eigenvalue weighted by Gasteiger charge is -2.00. The van der Waals surface area contributed by atoms with Crippen molar-refractivity contribution in [3.8, 4) is 17.1 Å². The molecular formula is C10H12N4O. The molecule has 1 heterocycles. The number of aromatic nitrogens is 3. The number of nitrogens with zero attached hydrogens (tertiary/aromatic N) is 2. The Balaban J connectivity index is 2.48. The molecule has 0 radical (unpaired) electrons. The van der Waals surface area contributed by atoms with Gasteiger partial charge in [-0.1, -0.05) is 6.92 Å². The number of aromatic amines is 1. The second kappa shape index (κ2) is 3.61. The number of nitrogens with two attached hydrogens (primary N) is 1. The van der Waals surface area contributed by atoms with E-state index in [2.05, 4.69) is 15.2 Å². The SMILES string of the molecule is CCc1nc(-c2cc(N)ccc2O)n[nH]1. The Bertz CT molecular complexity index is 478. The van der Waals surface area contributed by atoms with Gasteiger partial charge in [0.05, 0.1) is 5.56 Å². The average molecular weight is 204 g/mol. The molecule has 4 N–H and O–H groups in total. The number of nitrogen functional groups attached to an aromatic ring is 1. The van der Waals surface area contributed by atoms with Gasteiger partial charge in [0.1, 0.15) is 11.6 Å². The lowest BCUT2D eigenvalue weighted by molar-refractivity contribution is 0.477. The number of H-pyrrole nitrogens is 1. The number of nitrogens with one attached hydrogen (secondary N) is 1. The van der Waals surface area contributed by atoms with Crippen molar-refractivity contribution < 1.29 is 5.11 Å². The third kappa shape index (κ3) is 1.76. The van der Waals surface area contributed by atoms with Crippen LogP contribution in [0.4, 0.5) is 5.69 Å². The first kappa shape index (κ1) is 9.51. The molecule has 1 aromatic heterocycles. The topological polar surface area (TPSA) is 87.8 Å². The number of aromatic hydroxyl groups is 1. The third-order valence-electron chi connectivity index (χ3n) is 2.13. The predicted molar refractivity (Wildman–Crippen MR) is 57.3 cm³/mol. The van der Waals surface area contributed by atoms with Gasteiger partial charge in [-0.05, 0) is 18.2 Å². The van der Waals surface area contributed by atoms with Crippen LogP contribution in [0.15, 0.2) is 18.2 Å². The van der Waals surface area contributed by atoms with Crippen molar-refractivity contribution >= 4 is 5.69 Å². The summed E-state index contributed by atoms with van der Waals surface area (Å²) in [6.07, 6.45) is 0.774. The fourth-order valence-corrected chi connectivity index (χ4v) is 1.31. The van der Waals surface area contributed by atoms with E-state index in [1.165, 1.54) is 6.07 Å². The Morgan fingerprint density at radius 1 is 1.47 bits per heavy atom. The van der Waals surface area contributed by atoms with E-state index in [4.69, 9.17) is 5.73 Å². The molecule has 78 valence electrons. The molecular weight excluding hydrogens is 192 g/mol. The molecule has 0 aliphatic rings. The van der Waals surface area contributed by atoms with Crippen LogP contribution in [-0.2, 0) is 6.42 Å². The Labute approximate surface area is 87.0 Å². The van der Waals surface area contributed by atoms with Crippen LogP contribution in [0.5, 0.6) is 5.75 Å². The highest BCUT2D eigenvalue weighted by molar-refractivity contribution is 5.68. The van der Waals surface area contributed by atoms with E-state index in [1.54, 1.807) is 12.1 Å². The van der Waals surface area contributed by atoms with Gasteiger partial charge in [0.2, 0.25) is 0 Å². The molecule has 0 spiro atoms. The molecule has 0 fully saturated rings. The summed E-state index contributed by atoms with van der Waals surface area (Å²) < 4.78 is 0. The van der Waals surface area contributed by atoms with Crippen LogP contribution < -0.4 is 5.73 Å². The van der Waals surface area contributed by atoms with E-state index in [0.29, 0.717) is 17.1 Å². The zero-order chi connectivity index (χ0) is 10.8. The highest BCUT2D eigenvalue weighted by atomic mass is 16.3. The summed E-state index contributed by atoms with van der Waals surface area (Å²) in [6, 6.07) is 4.82. The van der Waals surface area contributed by atoms with Crippen LogP contribution >= 0.6 is 0 Å². The smallest absolute Gasteiger partial charge is 0.184 e. The minimum Gasteiger partial charge on any atom is -0.507 e. The first-order valence-electron chi connectivity index (χ1n) is 4.71. The maximum absolute atomic E-state index is 9.62. The van der Waals surface area contributed by atoms with Crippen molar-refractivity contribution in [3.63, 3.8) is 0 Å². The minimum atomic E-state index is 0.130. The molecule has 0 saturated carbocycles. The summed E-state index contributed by atoms with van der Waals surface area (Å²) in [5.74, 6) is 1.38. The van der Waals surface area contributed by atoms with Crippen LogP contribution in [-0.4, -0.2) is 20.3 Å². The number of hydrogen-bond acceptors (Lipinski definition) is 4. The third-order valence-corrected chi connectivity index (χ3v) is 2.13. The van der Waals surface area contributed by atoms with E-state index in [9.17, 15) is 5.11 Å². The van der Waals surface area contributed by atoms with Crippen molar-refractivity contribution in [3.05, 3.63) is 24.0 Å². The fraction of sp³-hybridized carbons (Fsp3) is 0.200. The molecule has 0 aliphatic carbocycles. The number of phenolic OH excluding ortho intramolecular Hbond substituents is 1. The van der Waals surface area contributed by atoms with Crippen LogP contribution in [0.2, 0.25) is 0 Å². The van der Waals surface area contributed by atoms with Gasteiger partial charge in [0.15, 0.2) is 5.82 Å². The predicted octanol–water partition coefficient (Wildman–Crippen LogP) is 1.32. The fourth-order valence-electron chi connectivity index (χ4n) is 1.31. The minimum absolute atomic E-state index is 0.130. The Hall–Kier alpha value is -2.04. The molecule has 2 aromatic rings. The van der Waals surface area contributed by atoms with Crippen LogP contribution in [0.3, 0.4) is 0 Å². The Kier molecular flexibility index (Phi) is 2.29. The monoisotopic (exact) mass is 204 g/mol. The Morgan fingerprint density at radius 3 is 2.93 bits per heavy atom. The number of aryl methyl sites for hydroxylation is 1. The van der Waals surface area contributed by atoms with Gasteiger partial charge in [0, 0.05) is 12.1 Å². The second-order valence-electron chi connectivity index (χ2n) is 3.24. The highest BCUT2D eigenvalue weighted by Gasteiger charge is 2.09.